The van der Waals surface area contributed by atoms with E-state index >= 15 is 0 Å². The first-order valence-electron chi connectivity index (χ1n) is 23.3. The van der Waals surface area contributed by atoms with Gasteiger partial charge in [0.25, 0.3) is 11.8 Å². The van der Waals surface area contributed by atoms with Crippen LogP contribution in [0, 0.1) is 16.7 Å². The van der Waals surface area contributed by atoms with E-state index in [1.807, 2.05) is 30.1 Å². The van der Waals surface area contributed by atoms with Gasteiger partial charge in [0, 0.05) is 160 Å². The first kappa shape index (κ1) is 49.8. The molecule has 5 saturated heterocycles. The molecule has 8 N–H and O–H groups in total. The summed E-state index contributed by atoms with van der Waals surface area (Å²) in [6.07, 6.45) is 2.74. The Morgan fingerprint density at radius 1 is 0.846 bits per heavy atom. The van der Waals surface area contributed by atoms with E-state index < -0.39 is 48.8 Å². The molecule has 358 valence electrons. The Balaban J connectivity index is 0.909. The average molecular weight is 909 g/mol. The first-order valence-corrected chi connectivity index (χ1v) is 23.3. The number of hydrogen-bond acceptors (Lipinski definition) is 14. The lowest BCUT2D eigenvalue weighted by molar-refractivity contribution is -0.133. The molecule has 1 atom stereocenters. The number of alkyl halides is 2. The van der Waals surface area contributed by atoms with Crippen LogP contribution in [0.2, 0.25) is 0 Å². The number of rotatable bonds is 13. The number of carbonyl (C=O) groups excluding carboxylic acids is 4. The monoisotopic (exact) mass is 909 g/mol. The normalized spacial score (nSPS) is 25.0. The minimum Gasteiger partial charge on any atom is -0.375 e. The summed E-state index contributed by atoms with van der Waals surface area (Å²) >= 11 is 0. The van der Waals surface area contributed by atoms with Crippen molar-refractivity contribution in [2.24, 2.45) is 5.41 Å². The van der Waals surface area contributed by atoms with Crippen molar-refractivity contribution in [3.05, 3.63) is 36.0 Å². The Hall–Kier alpha value is -4.62. The number of nitriles is 1. The maximum atomic E-state index is 13.9. The molecule has 5 aliphatic rings. The zero-order chi connectivity index (χ0) is 46.3. The molecule has 2 aromatic rings. The maximum Gasteiger partial charge on any atom is 0.268 e. The molecule has 20 heteroatoms. The number of halogens is 2. The highest BCUT2D eigenvalue weighted by Gasteiger charge is 2.47. The summed E-state index contributed by atoms with van der Waals surface area (Å²) in [6.45, 7) is 14.8. The highest BCUT2D eigenvalue weighted by Crippen LogP contribution is 2.31. The Morgan fingerprint density at radius 3 is 2.08 bits per heavy atom. The van der Waals surface area contributed by atoms with E-state index in [0.29, 0.717) is 62.0 Å². The van der Waals surface area contributed by atoms with Crippen LogP contribution in [-0.2, 0) is 14.4 Å². The number of hydrogen-bond donors (Lipinski definition) is 8. The Kier molecular flexibility index (Phi) is 18.2. The van der Waals surface area contributed by atoms with Gasteiger partial charge in [0.05, 0.1) is 35.8 Å². The molecule has 6 heterocycles. The van der Waals surface area contributed by atoms with Gasteiger partial charge in [0.15, 0.2) is 0 Å². The maximum absolute atomic E-state index is 13.9. The number of likely N-dealkylation sites (tertiary alicyclic amines) is 1. The zero-order valence-corrected chi connectivity index (χ0v) is 38.2. The SMILES string of the molecule is CN(CCCN1CCN(C(=O)CCCC(=O)NC23CNCCNCC(C)(CNCCNC2)CNCCNC3)CC1)c1ccc2nccc(C(=O)NCC(=O)N3CC(F)(F)CC3C#N)c2c1. The molecule has 5 aliphatic heterocycles. The van der Waals surface area contributed by atoms with E-state index in [-0.39, 0.29) is 23.7 Å². The number of nitrogens with one attached hydrogen (secondary N) is 8. The molecular weight excluding hydrogens is 839 g/mol. The Bertz CT molecular complexity index is 1920. The molecule has 1 aromatic carbocycles. The summed E-state index contributed by atoms with van der Waals surface area (Å²) in [7, 11) is 1.97. The molecule has 65 heavy (non-hydrogen) atoms. The van der Waals surface area contributed by atoms with Crippen molar-refractivity contribution in [2.75, 3.05) is 143 Å². The Morgan fingerprint density at radius 2 is 1.46 bits per heavy atom. The standard InChI is InChI=1S/C45H70F2N14O4/c1-43-27-49-11-14-52-30-44(31-53-15-12-50-28-43,32-54-16-13-51-29-43)57-39(62)5-3-6-40(63)60-21-19-59(20-22-60)18-4-17-58(2)34-7-8-38-37(23-34)36(9-10-55-38)42(65)56-26-41(64)61-33-45(46,47)24-35(61)25-48/h7-10,23,35,49-54H,3-6,11-22,24,26-33H2,1-2H3,(H,56,65)(H,57,62). The van der Waals surface area contributed by atoms with E-state index in [4.69, 9.17) is 0 Å². The third-order valence-electron chi connectivity index (χ3n) is 12.9. The van der Waals surface area contributed by atoms with Crippen LogP contribution >= 0.6 is 0 Å². The number of aromatic nitrogens is 1. The molecule has 7 rings (SSSR count). The number of benzene rings is 1. The van der Waals surface area contributed by atoms with Crippen molar-refractivity contribution in [1.29, 1.82) is 5.26 Å². The molecule has 2 bridgehead atoms. The molecule has 1 aromatic heterocycles. The van der Waals surface area contributed by atoms with Gasteiger partial charge in [-0.05, 0) is 43.7 Å². The summed E-state index contributed by atoms with van der Waals surface area (Å²) < 4.78 is 27.7. The topological polar surface area (TPSA) is 214 Å². The van der Waals surface area contributed by atoms with E-state index in [1.54, 1.807) is 12.1 Å². The fourth-order valence-corrected chi connectivity index (χ4v) is 9.11. The predicted octanol–water partition coefficient (Wildman–Crippen LogP) is -0.709. The summed E-state index contributed by atoms with van der Waals surface area (Å²) in [6, 6.07) is 7.70. The summed E-state index contributed by atoms with van der Waals surface area (Å²) in [4.78, 5) is 64.2. The highest BCUT2D eigenvalue weighted by atomic mass is 19.3. The molecule has 0 radical (unpaired) electrons. The van der Waals surface area contributed by atoms with Gasteiger partial charge in [-0.2, -0.15) is 5.26 Å². The minimum absolute atomic E-state index is 0.0486. The number of piperazine rings is 1. The second-order valence-electron chi connectivity index (χ2n) is 18.5. The smallest absolute Gasteiger partial charge is 0.268 e. The number of anilines is 1. The van der Waals surface area contributed by atoms with E-state index in [1.165, 1.54) is 6.20 Å². The molecule has 4 amide bonds. The number of nitrogens with zero attached hydrogens (tertiary/aromatic N) is 6. The van der Waals surface area contributed by atoms with Crippen molar-refractivity contribution < 1.29 is 28.0 Å². The fourth-order valence-electron chi connectivity index (χ4n) is 9.11. The number of amides is 4. The van der Waals surface area contributed by atoms with Crippen molar-refractivity contribution in [3.63, 3.8) is 0 Å². The van der Waals surface area contributed by atoms with Crippen LogP contribution in [0.15, 0.2) is 30.5 Å². The second kappa shape index (κ2) is 23.7. The van der Waals surface area contributed by atoms with Crippen molar-refractivity contribution >= 4 is 40.2 Å². The van der Waals surface area contributed by atoms with Crippen LogP contribution in [-0.4, -0.2) is 199 Å². The fraction of sp³-hybridized carbons (Fsp3) is 0.689. The average Bonchev–Trinajstić information content (AvgIpc) is 3.62. The highest BCUT2D eigenvalue weighted by molar-refractivity contribution is 6.07. The van der Waals surface area contributed by atoms with E-state index in [2.05, 4.69) is 64.2 Å². The number of fused-ring (bicyclic) bond motifs is 16. The molecule has 5 fully saturated rings. The first-order chi connectivity index (χ1) is 31.3. The van der Waals surface area contributed by atoms with Gasteiger partial charge in [0.2, 0.25) is 17.7 Å². The van der Waals surface area contributed by atoms with Gasteiger partial charge in [-0.3, -0.25) is 29.1 Å². The van der Waals surface area contributed by atoms with Gasteiger partial charge in [-0.15, -0.1) is 0 Å². The van der Waals surface area contributed by atoms with Gasteiger partial charge < -0.3 is 57.2 Å². The summed E-state index contributed by atoms with van der Waals surface area (Å²) in [5.74, 6) is -4.40. The van der Waals surface area contributed by atoms with E-state index in [9.17, 15) is 33.2 Å². The van der Waals surface area contributed by atoms with Crippen LogP contribution in [0.3, 0.4) is 0 Å². The molecular formula is C45H70F2N14O4. The number of pyridine rings is 1. The largest absolute Gasteiger partial charge is 0.375 e. The van der Waals surface area contributed by atoms with Crippen molar-refractivity contribution in [3.8, 4) is 6.07 Å². The van der Waals surface area contributed by atoms with Gasteiger partial charge in [-0.25, -0.2) is 8.78 Å². The minimum atomic E-state index is -3.14. The third-order valence-corrected chi connectivity index (χ3v) is 12.9. The van der Waals surface area contributed by atoms with Gasteiger partial charge in [0.1, 0.15) is 6.04 Å². The van der Waals surface area contributed by atoms with Crippen LogP contribution in [0.1, 0.15) is 49.4 Å². The molecule has 0 aliphatic carbocycles. The Labute approximate surface area is 381 Å². The molecule has 0 spiro atoms. The molecule has 18 nitrogen and oxygen atoms in total. The van der Waals surface area contributed by atoms with Gasteiger partial charge in [-0.1, -0.05) is 6.92 Å². The van der Waals surface area contributed by atoms with E-state index in [0.717, 1.165) is 102 Å². The molecule has 0 saturated carbocycles. The third kappa shape index (κ3) is 14.7. The number of carbonyl (C=O) groups is 4. The lowest BCUT2D eigenvalue weighted by Crippen LogP contribution is -2.66. The van der Waals surface area contributed by atoms with Crippen molar-refractivity contribution in [2.45, 2.75) is 56.5 Å². The van der Waals surface area contributed by atoms with Crippen LogP contribution < -0.4 is 47.4 Å². The summed E-state index contributed by atoms with van der Waals surface area (Å²) in [5, 5.41) is 37.3. The van der Waals surface area contributed by atoms with Crippen molar-refractivity contribution in [1.82, 2.24) is 62.2 Å². The van der Waals surface area contributed by atoms with Crippen LogP contribution in [0.5, 0.6) is 0 Å². The quantitative estimate of drug-likeness (QED) is 0.125. The zero-order valence-electron chi connectivity index (χ0n) is 38.2. The predicted molar refractivity (Wildman–Crippen MR) is 246 cm³/mol. The van der Waals surface area contributed by atoms with Crippen LogP contribution in [0.4, 0.5) is 14.5 Å². The summed E-state index contributed by atoms with van der Waals surface area (Å²) in [5.41, 5.74) is 1.33. The van der Waals surface area contributed by atoms with Crippen LogP contribution in [0.25, 0.3) is 10.9 Å². The lowest BCUT2D eigenvalue weighted by atomic mass is 9.90. The molecule has 1 unspecified atom stereocenters. The second-order valence-corrected chi connectivity index (χ2v) is 18.5. The lowest BCUT2D eigenvalue weighted by Gasteiger charge is -2.37. The van der Waals surface area contributed by atoms with Gasteiger partial charge >= 0.3 is 0 Å².